The van der Waals surface area contributed by atoms with Gasteiger partial charge in [0, 0.05) is 38.5 Å². The number of nitrogens with zero attached hydrogens (tertiary/aromatic N) is 4. The number of fused-ring (bicyclic) bond motifs is 1. The Morgan fingerprint density at radius 2 is 2.04 bits per heavy atom. The van der Waals surface area contributed by atoms with Gasteiger partial charge in [-0.15, -0.1) is 0 Å². The zero-order valence-electron chi connectivity index (χ0n) is 14.6. The lowest BCUT2D eigenvalue weighted by molar-refractivity contribution is 0.148. The number of likely N-dealkylation sites (N-methyl/N-ethyl adjacent to an activating group) is 1. The fraction of sp³-hybridized carbons (Fsp3) is 0.500. The summed E-state index contributed by atoms with van der Waals surface area (Å²) in [4.78, 5) is 11.8. The molecule has 2 aliphatic rings. The van der Waals surface area contributed by atoms with Gasteiger partial charge in [0.25, 0.3) is 0 Å². The van der Waals surface area contributed by atoms with Crippen LogP contribution >= 0.6 is 11.6 Å². The van der Waals surface area contributed by atoms with Crippen molar-refractivity contribution in [2.24, 2.45) is 4.99 Å². The van der Waals surface area contributed by atoms with Crippen LogP contribution in [0.2, 0.25) is 5.02 Å². The van der Waals surface area contributed by atoms with Crippen LogP contribution in [-0.4, -0.2) is 60.7 Å². The van der Waals surface area contributed by atoms with E-state index in [9.17, 15) is 0 Å². The molecule has 0 amide bonds. The molecule has 24 heavy (non-hydrogen) atoms. The van der Waals surface area contributed by atoms with Gasteiger partial charge in [-0.2, -0.15) is 0 Å². The van der Waals surface area contributed by atoms with Crippen LogP contribution in [0, 0.1) is 0 Å². The Bertz CT molecular complexity index is 628. The number of hydrogen-bond acceptors (Lipinski definition) is 5. The third-order valence-electron chi connectivity index (χ3n) is 4.51. The first-order chi connectivity index (χ1) is 11.6. The molecule has 2 aliphatic heterocycles. The van der Waals surface area contributed by atoms with Crippen molar-refractivity contribution in [3.8, 4) is 0 Å². The lowest BCUT2D eigenvalue weighted by Gasteiger charge is -2.37. The number of aliphatic imine (C=N–C) groups is 1. The topological polar surface area (TPSA) is 31.3 Å². The van der Waals surface area contributed by atoms with Crippen molar-refractivity contribution in [1.82, 2.24) is 14.7 Å². The Morgan fingerprint density at radius 1 is 1.29 bits per heavy atom. The molecule has 0 saturated carbocycles. The SMILES string of the molecule is CCC1N=C2C(=CN(Cc3ccc(Cl)cc3)CN2CCOC)N1C. The summed E-state index contributed by atoms with van der Waals surface area (Å²) in [6.45, 7) is 5.38. The molecule has 5 nitrogen and oxygen atoms in total. The van der Waals surface area contributed by atoms with Crippen LogP contribution in [0.3, 0.4) is 0 Å². The number of amidine groups is 1. The number of benzene rings is 1. The summed E-state index contributed by atoms with van der Waals surface area (Å²) in [6.07, 6.45) is 3.46. The second-order valence-corrected chi connectivity index (χ2v) is 6.67. The maximum atomic E-state index is 5.99. The van der Waals surface area contributed by atoms with Gasteiger partial charge in [-0.3, -0.25) is 0 Å². The highest BCUT2D eigenvalue weighted by molar-refractivity contribution is 6.30. The molecule has 130 valence electrons. The van der Waals surface area contributed by atoms with Crippen LogP contribution in [0.5, 0.6) is 0 Å². The average molecular weight is 349 g/mol. The van der Waals surface area contributed by atoms with Gasteiger partial charge in [-0.25, -0.2) is 4.99 Å². The summed E-state index contributed by atoms with van der Waals surface area (Å²) < 4.78 is 5.28. The third-order valence-corrected chi connectivity index (χ3v) is 4.77. The number of methoxy groups -OCH3 is 1. The van der Waals surface area contributed by atoms with E-state index in [-0.39, 0.29) is 6.17 Å². The van der Waals surface area contributed by atoms with Crippen LogP contribution in [0.15, 0.2) is 41.2 Å². The molecule has 1 aromatic carbocycles. The van der Waals surface area contributed by atoms with E-state index in [1.165, 1.54) is 11.3 Å². The minimum atomic E-state index is 0.228. The second kappa shape index (κ2) is 7.45. The Balaban J connectivity index is 1.81. The molecule has 0 aliphatic carbocycles. The molecule has 1 unspecified atom stereocenters. The molecule has 3 rings (SSSR count). The molecular weight excluding hydrogens is 324 g/mol. The minimum absolute atomic E-state index is 0.228. The highest BCUT2D eigenvalue weighted by Crippen LogP contribution is 2.27. The first-order valence-corrected chi connectivity index (χ1v) is 8.75. The van der Waals surface area contributed by atoms with Crippen molar-refractivity contribution in [2.45, 2.75) is 26.1 Å². The first-order valence-electron chi connectivity index (χ1n) is 8.37. The molecule has 2 heterocycles. The van der Waals surface area contributed by atoms with E-state index in [1.54, 1.807) is 7.11 Å². The maximum Gasteiger partial charge on any atom is 0.152 e. The molecule has 0 aromatic heterocycles. The standard InChI is InChI=1S/C18H25ClN4O/c1-4-17-20-18-16(21(17)2)12-22(13-23(18)9-10-24-3)11-14-5-7-15(19)8-6-14/h5-8,12,17H,4,9-11,13H2,1-3H3. The molecule has 0 N–H and O–H groups in total. The summed E-state index contributed by atoms with van der Waals surface area (Å²) in [5, 5.41) is 0.771. The van der Waals surface area contributed by atoms with Crippen molar-refractivity contribution in [2.75, 3.05) is 34.0 Å². The Kier molecular flexibility index (Phi) is 5.31. The first kappa shape index (κ1) is 17.1. The van der Waals surface area contributed by atoms with E-state index < -0.39 is 0 Å². The predicted molar refractivity (Wildman–Crippen MR) is 97.8 cm³/mol. The van der Waals surface area contributed by atoms with Crippen LogP contribution < -0.4 is 0 Å². The Hall–Kier alpha value is -1.72. The minimum Gasteiger partial charge on any atom is -0.383 e. The lowest BCUT2D eigenvalue weighted by atomic mass is 10.2. The summed E-state index contributed by atoms with van der Waals surface area (Å²) >= 11 is 5.99. The van der Waals surface area contributed by atoms with Gasteiger partial charge in [0.05, 0.1) is 19.0 Å². The van der Waals surface area contributed by atoms with E-state index in [1.807, 2.05) is 12.1 Å². The van der Waals surface area contributed by atoms with Crippen molar-refractivity contribution in [3.63, 3.8) is 0 Å². The fourth-order valence-electron chi connectivity index (χ4n) is 3.17. The van der Waals surface area contributed by atoms with Crippen molar-refractivity contribution in [3.05, 3.63) is 46.7 Å². The van der Waals surface area contributed by atoms with Crippen molar-refractivity contribution < 1.29 is 4.74 Å². The molecule has 0 spiro atoms. The lowest BCUT2D eigenvalue weighted by Crippen LogP contribution is -2.46. The molecule has 0 bridgehead atoms. The van der Waals surface area contributed by atoms with E-state index in [4.69, 9.17) is 21.3 Å². The van der Waals surface area contributed by atoms with E-state index in [2.05, 4.69) is 47.0 Å². The monoisotopic (exact) mass is 348 g/mol. The quantitative estimate of drug-likeness (QED) is 0.791. The molecule has 0 saturated heterocycles. The van der Waals surface area contributed by atoms with Gasteiger partial charge in [0.15, 0.2) is 5.84 Å². The van der Waals surface area contributed by atoms with E-state index >= 15 is 0 Å². The Morgan fingerprint density at radius 3 is 2.71 bits per heavy atom. The summed E-state index contributed by atoms with van der Waals surface area (Å²) in [7, 11) is 3.86. The van der Waals surface area contributed by atoms with Crippen LogP contribution in [0.25, 0.3) is 0 Å². The number of rotatable bonds is 6. The third kappa shape index (κ3) is 3.52. The average Bonchev–Trinajstić information content (AvgIpc) is 2.91. The van der Waals surface area contributed by atoms with Crippen LogP contribution in [-0.2, 0) is 11.3 Å². The normalized spacial score (nSPS) is 20.2. The molecule has 6 heteroatoms. The van der Waals surface area contributed by atoms with Crippen LogP contribution in [0.1, 0.15) is 18.9 Å². The number of ether oxygens (including phenoxy) is 1. The van der Waals surface area contributed by atoms with Gasteiger partial charge in [0.1, 0.15) is 6.17 Å². The van der Waals surface area contributed by atoms with Gasteiger partial charge in [-0.05, 0) is 24.1 Å². The molecule has 0 fully saturated rings. The zero-order chi connectivity index (χ0) is 17.1. The van der Waals surface area contributed by atoms with E-state index in [0.29, 0.717) is 6.61 Å². The van der Waals surface area contributed by atoms with Crippen molar-refractivity contribution >= 4 is 17.4 Å². The predicted octanol–water partition coefficient (Wildman–Crippen LogP) is 2.98. The largest absolute Gasteiger partial charge is 0.383 e. The summed E-state index contributed by atoms with van der Waals surface area (Å²) in [5.74, 6) is 1.09. The summed E-state index contributed by atoms with van der Waals surface area (Å²) in [6, 6.07) is 8.05. The number of hydrogen-bond donors (Lipinski definition) is 0. The molecule has 0 radical (unpaired) electrons. The smallest absolute Gasteiger partial charge is 0.152 e. The van der Waals surface area contributed by atoms with E-state index in [0.717, 1.165) is 37.0 Å². The van der Waals surface area contributed by atoms with Gasteiger partial charge < -0.3 is 19.4 Å². The Labute approximate surface area is 149 Å². The fourth-order valence-corrected chi connectivity index (χ4v) is 3.29. The second-order valence-electron chi connectivity index (χ2n) is 6.24. The van der Waals surface area contributed by atoms with Crippen LogP contribution in [0.4, 0.5) is 0 Å². The molecule has 1 aromatic rings. The van der Waals surface area contributed by atoms with Crippen molar-refractivity contribution in [1.29, 1.82) is 0 Å². The molecule has 1 atom stereocenters. The number of halogens is 1. The highest BCUT2D eigenvalue weighted by Gasteiger charge is 2.34. The van der Waals surface area contributed by atoms with Gasteiger partial charge in [0.2, 0.25) is 0 Å². The maximum absolute atomic E-state index is 5.99. The van der Waals surface area contributed by atoms with Gasteiger partial charge in [-0.1, -0.05) is 30.7 Å². The summed E-state index contributed by atoms with van der Waals surface area (Å²) in [5.41, 5.74) is 2.44. The van der Waals surface area contributed by atoms with Gasteiger partial charge >= 0.3 is 0 Å². The molecular formula is C18H25ClN4O. The highest BCUT2D eigenvalue weighted by atomic mass is 35.5. The zero-order valence-corrected chi connectivity index (χ0v) is 15.3.